The number of ether oxygens (including phenoxy) is 1. The Hall–Kier alpha value is -1.64. The number of likely N-dealkylation sites (N-methyl/N-ethyl adjacent to an activating group) is 1. The number of carbonyl (C=O) groups is 1. The lowest BCUT2D eigenvalue weighted by Gasteiger charge is -2.35. The lowest BCUT2D eigenvalue weighted by atomic mass is 10.1. The van der Waals surface area contributed by atoms with Crippen molar-refractivity contribution >= 4 is 15.9 Å². The van der Waals surface area contributed by atoms with Gasteiger partial charge in [0.2, 0.25) is 15.9 Å². The summed E-state index contributed by atoms with van der Waals surface area (Å²) in [5, 5.41) is 0. The van der Waals surface area contributed by atoms with Crippen molar-refractivity contribution in [3.05, 3.63) is 29.8 Å². The minimum absolute atomic E-state index is 0.0368. The third-order valence-corrected chi connectivity index (χ3v) is 6.23. The molecule has 7 nitrogen and oxygen atoms in total. The number of benzene rings is 1. The Balaban J connectivity index is 1.97. The Kier molecular flexibility index (Phi) is 7.02. The highest BCUT2D eigenvalue weighted by Gasteiger charge is 2.27. The predicted octanol–water partition coefficient (Wildman–Crippen LogP) is 1.18. The van der Waals surface area contributed by atoms with Gasteiger partial charge in [0.25, 0.3) is 0 Å². The van der Waals surface area contributed by atoms with Crippen molar-refractivity contribution in [3.63, 3.8) is 0 Å². The Labute approximate surface area is 156 Å². The van der Waals surface area contributed by atoms with E-state index in [0.717, 1.165) is 17.9 Å². The average molecular weight is 384 g/mol. The summed E-state index contributed by atoms with van der Waals surface area (Å²) in [7, 11) is -1.55. The van der Waals surface area contributed by atoms with Crippen molar-refractivity contribution in [2.24, 2.45) is 0 Å². The van der Waals surface area contributed by atoms with Gasteiger partial charge in [0.1, 0.15) is 5.75 Å². The first kappa shape index (κ1) is 20.7. The molecule has 1 aliphatic rings. The van der Waals surface area contributed by atoms with Crippen LogP contribution in [0.15, 0.2) is 24.3 Å². The van der Waals surface area contributed by atoms with Gasteiger partial charge in [-0.05, 0) is 31.2 Å². The second-order valence-corrected chi connectivity index (χ2v) is 8.54. The summed E-state index contributed by atoms with van der Waals surface area (Å²) in [5.41, 5.74) is 1.10. The summed E-state index contributed by atoms with van der Waals surface area (Å²) in [5.74, 6) is 0.836. The fourth-order valence-corrected chi connectivity index (χ4v) is 4.00. The maximum atomic E-state index is 12.7. The zero-order valence-corrected chi connectivity index (χ0v) is 16.8. The van der Waals surface area contributed by atoms with E-state index in [-0.39, 0.29) is 11.9 Å². The third kappa shape index (κ3) is 5.18. The highest BCUT2D eigenvalue weighted by Crippen LogP contribution is 2.24. The van der Waals surface area contributed by atoms with Gasteiger partial charge < -0.3 is 9.64 Å². The molecule has 1 saturated heterocycles. The highest BCUT2D eigenvalue weighted by atomic mass is 32.2. The zero-order chi connectivity index (χ0) is 19.3. The number of amides is 1. The summed E-state index contributed by atoms with van der Waals surface area (Å²) in [6, 6.07) is 7.95. The normalized spacial score (nSPS) is 17.3. The summed E-state index contributed by atoms with van der Waals surface area (Å²) in [6.07, 6.45) is 1.21. The Morgan fingerprint density at radius 2 is 1.92 bits per heavy atom. The maximum Gasteiger partial charge on any atom is 0.236 e. The van der Waals surface area contributed by atoms with Crippen LogP contribution < -0.4 is 4.74 Å². The molecule has 0 spiro atoms. The zero-order valence-electron chi connectivity index (χ0n) is 16.0. The molecule has 1 atom stereocenters. The molecule has 1 aliphatic heterocycles. The number of rotatable bonds is 7. The van der Waals surface area contributed by atoms with Gasteiger partial charge in [0.15, 0.2) is 0 Å². The summed E-state index contributed by atoms with van der Waals surface area (Å²) >= 11 is 0. The highest BCUT2D eigenvalue weighted by molar-refractivity contribution is 7.88. The first-order valence-electron chi connectivity index (χ1n) is 8.87. The topological polar surface area (TPSA) is 70.2 Å². The van der Waals surface area contributed by atoms with Gasteiger partial charge >= 0.3 is 0 Å². The number of hydrogen-bond acceptors (Lipinski definition) is 5. The van der Waals surface area contributed by atoms with Crippen LogP contribution in [0.5, 0.6) is 5.75 Å². The van der Waals surface area contributed by atoms with Gasteiger partial charge in [0, 0.05) is 32.2 Å². The van der Waals surface area contributed by atoms with E-state index >= 15 is 0 Å². The fourth-order valence-electron chi connectivity index (χ4n) is 3.18. The van der Waals surface area contributed by atoms with Gasteiger partial charge in [-0.25, -0.2) is 8.42 Å². The Morgan fingerprint density at radius 1 is 1.27 bits per heavy atom. The van der Waals surface area contributed by atoms with Crippen LogP contribution in [0.1, 0.15) is 25.5 Å². The number of hydrogen-bond donors (Lipinski definition) is 0. The van der Waals surface area contributed by atoms with Crippen LogP contribution in [-0.4, -0.2) is 81.1 Å². The number of piperazine rings is 1. The molecule has 0 saturated carbocycles. The third-order valence-electron chi connectivity index (χ3n) is 4.93. The van der Waals surface area contributed by atoms with Gasteiger partial charge in [-0.15, -0.1) is 0 Å². The maximum absolute atomic E-state index is 12.7. The molecule has 1 unspecified atom stereocenters. The largest absolute Gasteiger partial charge is 0.497 e. The molecule has 1 aromatic rings. The van der Waals surface area contributed by atoms with Gasteiger partial charge in [-0.1, -0.05) is 19.1 Å². The van der Waals surface area contributed by atoms with E-state index < -0.39 is 10.0 Å². The van der Waals surface area contributed by atoms with E-state index in [1.54, 1.807) is 12.0 Å². The molecule has 0 bridgehead atoms. The monoisotopic (exact) mass is 383 g/mol. The molecule has 2 rings (SSSR count). The number of carbonyl (C=O) groups excluding carboxylic acids is 1. The number of sulfonamides is 1. The molecule has 1 aromatic carbocycles. The minimum Gasteiger partial charge on any atom is -0.497 e. The predicted molar refractivity (Wildman–Crippen MR) is 102 cm³/mol. The number of nitrogens with zero attached hydrogens (tertiary/aromatic N) is 3. The number of methoxy groups -OCH3 is 1. The second kappa shape index (κ2) is 8.83. The van der Waals surface area contributed by atoms with Crippen LogP contribution in [0, 0.1) is 0 Å². The average Bonchev–Trinajstić information content (AvgIpc) is 2.64. The molecule has 26 heavy (non-hydrogen) atoms. The lowest BCUT2D eigenvalue weighted by molar-refractivity contribution is -0.134. The van der Waals surface area contributed by atoms with Crippen molar-refractivity contribution in [1.29, 1.82) is 0 Å². The van der Waals surface area contributed by atoms with E-state index in [0.29, 0.717) is 32.7 Å². The van der Waals surface area contributed by atoms with Crippen LogP contribution in [0.3, 0.4) is 0 Å². The van der Waals surface area contributed by atoms with Gasteiger partial charge in [-0.2, -0.15) is 4.31 Å². The van der Waals surface area contributed by atoms with E-state index in [9.17, 15) is 13.2 Å². The molecule has 1 heterocycles. The standard InChI is InChI=1S/C18H29N3O4S/c1-5-19(15(2)16-7-6-8-17(13-16)25-3)14-18(22)20-9-11-21(12-10-20)26(4,23)24/h6-8,13,15H,5,9-12,14H2,1-4H3. The van der Waals surface area contributed by atoms with Crippen molar-refractivity contribution in [2.45, 2.75) is 19.9 Å². The Morgan fingerprint density at radius 3 is 2.46 bits per heavy atom. The molecule has 8 heteroatoms. The van der Waals surface area contributed by atoms with E-state index in [2.05, 4.69) is 11.8 Å². The molecule has 0 aliphatic carbocycles. The molecule has 146 valence electrons. The summed E-state index contributed by atoms with van der Waals surface area (Å²) < 4.78 is 29.9. The SMILES string of the molecule is CCN(CC(=O)N1CCN(S(C)(=O)=O)CC1)C(C)c1cccc(OC)c1. The Bertz CT molecular complexity index is 715. The van der Waals surface area contributed by atoms with E-state index in [1.807, 2.05) is 31.2 Å². The van der Waals surface area contributed by atoms with Gasteiger partial charge in [0.05, 0.1) is 19.9 Å². The quantitative estimate of drug-likeness (QED) is 0.707. The summed E-state index contributed by atoms with van der Waals surface area (Å²) in [4.78, 5) is 16.5. The van der Waals surface area contributed by atoms with Gasteiger partial charge in [-0.3, -0.25) is 9.69 Å². The van der Waals surface area contributed by atoms with E-state index in [4.69, 9.17) is 4.74 Å². The summed E-state index contributed by atoms with van der Waals surface area (Å²) in [6.45, 7) is 6.78. The minimum atomic E-state index is -3.19. The van der Waals surface area contributed by atoms with Crippen LogP contribution in [0.25, 0.3) is 0 Å². The molecular weight excluding hydrogens is 354 g/mol. The fraction of sp³-hybridized carbons (Fsp3) is 0.611. The van der Waals surface area contributed by atoms with Crippen molar-refractivity contribution in [2.75, 3.05) is 52.6 Å². The molecule has 0 aromatic heterocycles. The second-order valence-electron chi connectivity index (χ2n) is 6.56. The molecule has 0 radical (unpaired) electrons. The molecule has 1 amide bonds. The van der Waals surface area contributed by atoms with Crippen LogP contribution in [-0.2, 0) is 14.8 Å². The van der Waals surface area contributed by atoms with Crippen molar-refractivity contribution < 1.29 is 17.9 Å². The first-order chi connectivity index (χ1) is 12.3. The van der Waals surface area contributed by atoms with Crippen LogP contribution in [0.4, 0.5) is 0 Å². The lowest BCUT2D eigenvalue weighted by Crippen LogP contribution is -2.52. The van der Waals surface area contributed by atoms with Crippen LogP contribution in [0.2, 0.25) is 0 Å². The van der Waals surface area contributed by atoms with Crippen molar-refractivity contribution in [1.82, 2.24) is 14.1 Å². The van der Waals surface area contributed by atoms with Crippen LogP contribution >= 0.6 is 0 Å². The molecule has 1 fully saturated rings. The molecule has 0 N–H and O–H groups in total. The molecular formula is C18H29N3O4S. The first-order valence-corrected chi connectivity index (χ1v) is 10.7. The van der Waals surface area contributed by atoms with Crippen molar-refractivity contribution in [3.8, 4) is 5.75 Å². The smallest absolute Gasteiger partial charge is 0.236 e. The van der Waals surface area contributed by atoms with E-state index in [1.165, 1.54) is 10.6 Å².